The number of esters is 1. The Kier molecular flexibility index (Phi) is 4.79. The fourth-order valence-electron chi connectivity index (χ4n) is 3.66. The van der Waals surface area contributed by atoms with Gasteiger partial charge in [0.15, 0.2) is 5.78 Å². The smallest absolute Gasteiger partial charge is 0.343 e. The summed E-state index contributed by atoms with van der Waals surface area (Å²) in [6.45, 7) is 6.30. The highest BCUT2D eigenvalue weighted by Crippen LogP contribution is 2.41. The Morgan fingerprint density at radius 1 is 1.40 bits per heavy atom. The van der Waals surface area contributed by atoms with Crippen LogP contribution in [0.5, 0.6) is 5.88 Å². The maximum Gasteiger partial charge on any atom is 0.343 e. The van der Waals surface area contributed by atoms with Crippen LogP contribution in [0, 0.1) is 5.92 Å². The predicted molar refractivity (Wildman–Crippen MR) is 92.0 cm³/mol. The number of aromatic nitrogens is 1. The first-order valence-electron chi connectivity index (χ1n) is 8.68. The van der Waals surface area contributed by atoms with Crippen molar-refractivity contribution in [3.8, 4) is 5.88 Å². The highest BCUT2D eigenvalue weighted by molar-refractivity contribution is 6.17. The number of methoxy groups -OCH3 is 1. The van der Waals surface area contributed by atoms with Gasteiger partial charge in [0.25, 0.3) is 0 Å². The van der Waals surface area contributed by atoms with Gasteiger partial charge < -0.3 is 14.4 Å². The number of nitrogens with zero attached hydrogens (tertiary/aromatic N) is 2. The molecule has 0 fully saturated rings. The van der Waals surface area contributed by atoms with Crippen LogP contribution in [-0.2, 0) is 20.7 Å². The van der Waals surface area contributed by atoms with Gasteiger partial charge in [-0.2, -0.15) is 0 Å². The number of carbonyl (C=O) groups is 2. The summed E-state index contributed by atoms with van der Waals surface area (Å²) in [7, 11) is 1.60. The molecule has 0 spiro atoms. The Hall–Kier alpha value is -2.37. The van der Waals surface area contributed by atoms with E-state index in [1.54, 1.807) is 26.4 Å². The third-order valence-electron chi connectivity index (χ3n) is 4.96. The van der Waals surface area contributed by atoms with Crippen LogP contribution in [0.25, 0.3) is 0 Å². The Labute approximate surface area is 147 Å². The average molecular weight is 344 g/mol. The van der Waals surface area contributed by atoms with Gasteiger partial charge in [-0.05, 0) is 30.4 Å². The molecule has 2 aliphatic rings. The molecule has 0 aliphatic carbocycles. The summed E-state index contributed by atoms with van der Waals surface area (Å²) < 4.78 is 10.3. The third-order valence-corrected chi connectivity index (χ3v) is 4.96. The summed E-state index contributed by atoms with van der Waals surface area (Å²) in [4.78, 5) is 31.1. The normalized spacial score (nSPS) is 22.2. The van der Waals surface area contributed by atoms with Crippen molar-refractivity contribution in [3.63, 3.8) is 0 Å². The van der Waals surface area contributed by atoms with E-state index in [0.717, 1.165) is 17.5 Å². The van der Waals surface area contributed by atoms with Gasteiger partial charge in [0, 0.05) is 30.9 Å². The van der Waals surface area contributed by atoms with E-state index < -0.39 is 5.97 Å². The standard InChI is InChI=1S/C19H24N2O4/c1-5-25-19(23)14-10-21-15(11(2)3)6-12-7-18(24-4)20-9-13(12)16(21)8-17(14)22/h7,9-11,15-16H,5-6,8H2,1-4H3. The van der Waals surface area contributed by atoms with Gasteiger partial charge in [-0.1, -0.05) is 13.8 Å². The molecule has 0 amide bonds. The highest BCUT2D eigenvalue weighted by atomic mass is 16.5. The van der Waals surface area contributed by atoms with E-state index in [4.69, 9.17) is 9.47 Å². The first-order valence-corrected chi connectivity index (χ1v) is 8.68. The van der Waals surface area contributed by atoms with Crippen LogP contribution in [0.3, 0.4) is 0 Å². The van der Waals surface area contributed by atoms with Crippen molar-refractivity contribution >= 4 is 11.8 Å². The van der Waals surface area contributed by atoms with Crippen molar-refractivity contribution in [1.29, 1.82) is 0 Å². The molecular weight excluding hydrogens is 320 g/mol. The zero-order chi connectivity index (χ0) is 18.1. The van der Waals surface area contributed by atoms with Crippen molar-refractivity contribution in [2.45, 2.75) is 45.7 Å². The first-order chi connectivity index (χ1) is 12.0. The first kappa shape index (κ1) is 17.5. The van der Waals surface area contributed by atoms with Crippen LogP contribution in [0.2, 0.25) is 0 Å². The fourth-order valence-corrected chi connectivity index (χ4v) is 3.66. The molecule has 3 rings (SSSR count). The van der Waals surface area contributed by atoms with E-state index in [0.29, 0.717) is 11.8 Å². The predicted octanol–water partition coefficient (Wildman–Crippen LogP) is 2.43. The molecule has 1 aromatic rings. The van der Waals surface area contributed by atoms with Gasteiger partial charge in [-0.3, -0.25) is 4.79 Å². The second-order valence-electron chi connectivity index (χ2n) is 6.79. The van der Waals surface area contributed by atoms with Crippen LogP contribution in [0.4, 0.5) is 0 Å². The molecule has 2 aliphatic heterocycles. The SMILES string of the molecule is CCOC(=O)C1=CN2C(CC1=O)c1cnc(OC)cc1CC2C(C)C. The quantitative estimate of drug-likeness (QED) is 0.617. The lowest BCUT2D eigenvalue weighted by molar-refractivity contribution is -0.140. The molecule has 2 unspecified atom stereocenters. The Bertz CT molecular complexity index is 726. The molecule has 3 heterocycles. The van der Waals surface area contributed by atoms with Gasteiger partial charge in [0.05, 0.1) is 19.8 Å². The lowest BCUT2D eigenvalue weighted by atomic mass is 9.81. The topological polar surface area (TPSA) is 68.7 Å². The molecule has 0 aromatic carbocycles. The molecule has 1 aromatic heterocycles. The number of carbonyl (C=O) groups excluding carboxylic acids is 2. The van der Waals surface area contributed by atoms with E-state index in [2.05, 4.69) is 23.7 Å². The molecule has 0 N–H and O–H groups in total. The monoisotopic (exact) mass is 344 g/mol. The van der Waals surface area contributed by atoms with Crippen molar-refractivity contribution in [3.05, 3.63) is 35.2 Å². The minimum Gasteiger partial charge on any atom is -0.481 e. The second kappa shape index (κ2) is 6.86. The van der Waals surface area contributed by atoms with Crippen LogP contribution < -0.4 is 4.74 Å². The van der Waals surface area contributed by atoms with Crippen molar-refractivity contribution < 1.29 is 19.1 Å². The maximum absolute atomic E-state index is 12.5. The number of fused-ring (bicyclic) bond motifs is 3. The molecule has 6 nitrogen and oxygen atoms in total. The van der Waals surface area contributed by atoms with Crippen molar-refractivity contribution in [2.24, 2.45) is 5.92 Å². The molecule has 0 radical (unpaired) electrons. The van der Waals surface area contributed by atoms with Gasteiger partial charge in [0.2, 0.25) is 5.88 Å². The number of hydrogen-bond acceptors (Lipinski definition) is 6. The average Bonchev–Trinajstić information content (AvgIpc) is 2.59. The molecule has 134 valence electrons. The molecule has 25 heavy (non-hydrogen) atoms. The molecule has 0 saturated heterocycles. The minimum atomic E-state index is -0.535. The van der Waals surface area contributed by atoms with E-state index in [1.807, 2.05) is 6.07 Å². The van der Waals surface area contributed by atoms with Crippen LogP contribution in [0.1, 0.15) is 44.4 Å². The Balaban J connectivity index is 2.04. The second-order valence-corrected chi connectivity index (χ2v) is 6.79. The summed E-state index contributed by atoms with van der Waals surface area (Å²) in [5, 5.41) is 0. The van der Waals surface area contributed by atoms with Crippen LogP contribution >= 0.6 is 0 Å². The third kappa shape index (κ3) is 3.13. The minimum absolute atomic E-state index is 0.0970. The summed E-state index contributed by atoms with van der Waals surface area (Å²) >= 11 is 0. The van der Waals surface area contributed by atoms with Gasteiger partial charge >= 0.3 is 5.97 Å². The number of ether oxygens (including phenoxy) is 2. The Morgan fingerprint density at radius 2 is 2.16 bits per heavy atom. The lowest BCUT2D eigenvalue weighted by Gasteiger charge is -2.46. The van der Waals surface area contributed by atoms with Gasteiger partial charge in [-0.25, -0.2) is 9.78 Å². The number of Topliss-reactive ketones (excluding diaryl/α,β-unsaturated/α-hetero) is 1. The summed E-state index contributed by atoms with van der Waals surface area (Å²) in [6.07, 6.45) is 4.57. The van der Waals surface area contributed by atoms with Crippen LogP contribution in [0.15, 0.2) is 24.0 Å². The Morgan fingerprint density at radius 3 is 2.80 bits per heavy atom. The number of rotatable bonds is 4. The van der Waals surface area contributed by atoms with Gasteiger partial charge in [0.1, 0.15) is 5.57 Å². The maximum atomic E-state index is 12.5. The zero-order valence-electron chi connectivity index (χ0n) is 15.1. The van der Waals surface area contributed by atoms with E-state index in [1.165, 1.54) is 0 Å². The molecular formula is C19H24N2O4. The largest absolute Gasteiger partial charge is 0.481 e. The molecule has 2 atom stereocenters. The summed E-state index contributed by atoms with van der Waals surface area (Å²) in [5.74, 6) is 0.236. The number of ketones is 1. The molecule has 0 saturated carbocycles. The molecule has 6 heteroatoms. The van der Waals surface area contributed by atoms with Crippen LogP contribution in [-0.4, -0.2) is 41.4 Å². The van der Waals surface area contributed by atoms with E-state index in [-0.39, 0.29) is 36.5 Å². The number of pyridine rings is 1. The zero-order valence-corrected chi connectivity index (χ0v) is 15.1. The molecule has 0 bridgehead atoms. The number of hydrogen-bond donors (Lipinski definition) is 0. The van der Waals surface area contributed by atoms with E-state index in [9.17, 15) is 9.59 Å². The van der Waals surface area contributed by atoms with Gasteiger partial charge in [-0.15, -0.1) is 0 Å². The highest BCUT2D eigenvalue weighted by Gasteiger charge is 2.41. The lowest BCUT2D eigenvalue weighted by Crippen LogP contribution is -2.47. The van der Waals surface area contributed by atoms with Crippen molar-refractivity contribution in [1.82, 2.24) is 9.88 Å². The fraction of sp³-hybridized carbons (Fsp3) is 0.526. The van der Waals surface area contributed by atoms with E-state index >= 15 is 0 Å². The summed E-state index contributed by atoms with van der Waals surface area (Å²) in [5.41, 5.74) is 2.34. The summed E-state index contributed by atoms with van der Waals surface area (Å²) in [6, 6.07) is 2.05. The van der Waals surface area contributed by atoms with Crippen molar-refractivity contribution in [2.75, 3.05) is 13.7 Å².